The van der Waals surface area contributed by atoms with Crippen LogP contribution in [0.3, 0.4) is 0 Å². The maximum absolute atomic E-state index is 12.7. The van der Waals surface area contributed by atoms with Gasteiger partial charge in [0.1, 0.15) is 6.10 Å². The molecule has 28 heavy (non-hydrogen) atoms. The summed E-state index contributed by atoms with van der Waals surface area (Å²) in [6.45, 7) is 5.64. The Labute approximate surface area is 166 Å². The number of ether oxygens (including phenoxy) is 2. The zero-order chi connectivity index (χ0) is 19.5. The van der Waals surface area contributed by atoms with Crippen LogP contribution in [0.2, 0.25) is 0 Å². The van der Waals surface area contributed by atoms with Crippen LogP contribution in [-0.2, 0) is 6.42 Å². The highest BCUT2D eigenvalue weighted by atomic mass is 16.5. The molecular formula is C23H28N2O3. The van der Waals surface area contributed by atoms with Gasteiger partial charge in [0, 0.05) is 37.8 Å². The van der Waals surface area contributed by atoms with Gasteiger partial charge < -0.3 is 14.4 Å². The molecule has 2 heterocycles. The molecule has 4 rings (SSSR count). The van der Waals surface area contributed by atoms with E-state index < -0.39 is 0 Å². The number of hydrogen-bond acceptors (Lipinski definition) is 4. The molecule has 0 spiro atoms. The van der Waals surface area contributed by atoms with Crippen molar-refractivity contribution in [3.63, 3.8) is 0 Å². The van der Waals surface area contributed by atoms with Gasteiger partial charge in [-0.2, -0.15) is 0 Å². The number of carbonyl (C=O) groups is 1. The summed E-state index contributed by atoms with van der Waals surface area (Å²) in [6, 6.07) is 16.1. The van der Waals surface area contributed by atoms with Gasteiger partial charge in [-0.3, -0.25) is 9.69 Å². The molecule has 1 saturated heterocycles. The highest BCUT2D eigenvalue weighted by Gasteiger charge is 2.33. The maximum atomic E-state index is 12.7. The minimum atomic E-state index is 0.133. The Morgan fingerprint density at radius 2 is 1.75 bits per heavy atom. The standard InChI is InChI=1S/C23H28N2O3/c1-17-20(28-22-10-6-5-9-21(22)27-2)12-14-24(17)15-16-25-13-11-18-7-3-4-8-19(18)23(25)26/h3-10,17,20H,11-16H2,1-2H3/t17-,20+/m1/s1. The Bertz CT molecular complexity index is 838. The van der Waals surface area contributed by atoms with Crippen molar-refractivity contribution in [1.82, 2.24) is 9.80 Å². The van der Waals surface area contributed by atoms with E-state index in [4.69, 9.17) is 9.47 Å². The molecule has 5 heteroatoms. The number of carbonyl (C=O) groups excluding carboxylic acids is 1. The first-order chi connectivity index (χ1) is 13.7. The summed E-state index contributed by atoms with van der Waals surface area (Å²) in [6.07, 6.45) is 2.06. The third-order valence-corrected chi connectivity index (χ3v) is 6.01. The SMILES string of the molecule is COc1ccccc1O[C@H]1CCN(CCN2CCc3ccccc3C2=O)[C@@H]1C. The van der Waals surface area contributed by atoms with Crippen molar-refractivity contribution in [1.29, 1.82) is 0 Å². The quantitative estimate of drug-likeness (QED) is 0.772. The third-order valence-electron chi connectivity index (χ3n) is 6.01. The first kappa shape index (κ1) is 18.8. The molecule has 0 bridgehead atoms. The molecule has 1 amide bonds. The first-order valence-electron chi connectivity index (χ1n) is 10.1. The molecule has 1 fully saturated rings. The first-order valence-corrected chi connectivity index (χ1v) is 10.1. The van der Waals surface area contributed by atoms with Gasteiger partial charge in [-0.05, 0) is 43.5 Å². The summed E-state index contributed by atoms with van der Waals surface area (Å²) in [4.78, 5) is 17.2. The lowest BCUT2D eigenvalue weighted by Crippen LogP contribution is -2.44. The van der Waals surface area contributed by atoms with Crippen molar-refractivity contribution in [3.05, 3.63) is 59.7 Å². The van der Waals surface area contributed by atoms with Gasteiger partial charge in [-0.25, -0.2) is 0 Å². The average molecular weight is 380 g/mol. The number of rotatable bonds is 6. The third kappa shape index (κ3) is 3.72. The van der Waals surface area contributed by atoms with Crippen LogP contribution < -0.4 is 9.47 Å². The Hall–Kier alpha value is -2.53. The van der Waals surface area contributed by atoms with Gasteiger partial charge in [-0.15, -0.1) is 0 Å². The topological polar surface area (TPSA) is 42.0 Å². The molecule has 2 aliphatic heterocycles. The molecule has 2 aromatic rings. The molecular weight excluding hydrogens is 352 g/mol. The van der Waals surface area contributed by atoms with E-state index in [0.717, 1.165) is 56.1 Å². The lowest BCUT2D eigenvalue weighted by Gasteiger charge is -2.31. The van der Waals surface area contributed by atoms with Crippen molar-refractivity contribution in [3.8, 4) is 11.5 Å². The molecule has 5 nitrogen and oxygen atoms in total. The predicted octanol–water partition coefficient (Wildman–Crippen LogP) is 3.24. The summed E-state index contributed by atoms with van der Waals surface area (Å²) in [7, 11) is 1.67. The average Bonchev–Trinajstić information content (AvgIpc) is 3.07. The highest BCUT2D eigenvalue weighted by molar-refractivity contribution is 5.96. The van der Waals surface area contributed by atoms with E-state index in [-0.39, 0.29) is 12.0 Å². The van der Waals surface area contributed by atoms with Gasteiger partial charge in [0.15, 0.2) is 11.5 Å². The Balaban J connectivity index is 1.34. The molecule has 2 aromatic carbocycles. The number of nitrogens with zero attached hydrogens (tertiary/aromatic N) is 2. The molecule has 0 aromatic heterocycles. The lowest BCUT2D eigenvalue weighted by molar-refractivity contribution is 0.0705. The molecule has 0 N–H and O–H groups in total. The molecule has 148 valence electrons. The van der Waals surface area contributed by atoms with Crippen LogP contribution in [0, 0.1) is 0 Å². The lowest BCUT2D eigenvalue weighted by atomic mass is 9.99. The fourth-order valence-electron chi connectivity index (χ4n) is 4.26. The van der Waals surface area contributed by atoms with Gasteiger partial charge in [0.25, 0.3) is 5.91 Å². The molecule has 2 atom stereocenters. The second kappa shape index (κ2) is 8.23. The molecule has 0 radical (unpaired) electrons. The zero-order valence-electron chi connectivity index (χ0n) is 16.6. The predicted molar refractivity (Wildman–Crippen MR) is 109 cm³/mol. The zero-order valence-corrected chi connectivity index (χ0v) is 16.6. The van der Waals surface area contributed by atoms with Gasteiger partial charge in [0.05, 0.1) is 7.11 Å². The van der Waals surface area contributed by atoms with E-state index >= 15 is 0 Å². The van der Waals surface area contributed by atoms with E-state index in [1.807, 2.05) is 47.4 Å². The minimum Gasteiger partial charge on any atom is -0.493 e. The van der Waals surface area contributed by atoms with Crippen molar-refractivity contribution >= 4 is 5.91 Å². The number of benzene rings is 2. The monoisotopic (exact) mass is 380 g/mol. The fraction of sp³-hybridized carbons (Fsp3) is 0.435. The summed E-state index contributed by atoms with van der Waals surface area (Å²) in [5.41, 5.74) is 2.03. The smallest absolute Gasteiger partial charge is 0.254 e. The van der Waals surface area contributed by atoms with E-state index in [1.165, 1.54) is 5.56 Å². The number of para-hydroxylation sites is 2. The Morgan fingerprint density at radius 1 is 1.00 bits per heavy atom. The Morgan fingerprint density at radius 3 is 2.57 bits per heavy atom. The van der Waals surface area contributed by atoms with E-state index in [0.29, 0.717) is 6.04 Å². The normalized spacial score (nSPS) is 22.2. The van der Waals surface area contributed by atoms with Crippen LogP contribution >= 0.6 is 0 Å². The fourth-order valence-corrected chi connectivity index (χ4v) is 4.26. The van der Waals surface area contributed by atoms with Crippen LogP contribution in [0.4, 0.5) is 0 Å². The second-order valence-corrected chi connectivity index (χ2v) is 7.57. The Kier molecular flexibility index (Phi) is 5.53. The van der Waals surface area contributed by atoms with Crippen molar-refractivity contribution in [2.75, 3.05) is 33.3 Å². The van der Waals surface area contributed by atoms with E-state index in [1.54, 1.807) is 7.11 Å². The van der Waals surface area contributed by atoms with Gasteiger partial charge in [-0.1, -0.05) is 30.3 Å². The van der Waals surface area contributed by atoms with E-state index in [2.05, 4.69) is 17.9 Å². The number of likely N-dealkylation sites (tertiary alicyclic amines) is 1. The molecule has 2 aliphatic rings. The van der Waals surface area contributed by atoms with Gasteiger partial charge in [0.2, 0.25) is 0 Å². The number of hydrogen-bond donors (Lipinski definition) is 0. The van der Waals surface area contributed by atoms with E-state index in [9.17, 15) is 4.79 Å². The van der Waals surface area contributed by atoms with Crippen molar-refractivity contribution < 1.29 is 14.3 Å². The van der Waals surface area contributed by atoms with Crippen molar-refractivity contribution in [2.45, 2.75) is 31.9 Å². The summed E-state index contributed by atoms with van der Waals surface area (Å²) in [5.74, 6) is 1.73. The number of methoxy groups -OCH3 is 1. The summed E-state index contributed by atoms with van der Waals surface area (Å²) in [5, 5.41) is 0. The minimum absolute atomic E-state index is 0.133. The van der Waals surface area contributed by atoms with Crippen LogP contribution in [0.25, 0.3) is 0 Å². The number of amides is 1. The largest absolute Gasteiger partial charge is 0.493 e. The van der Waals surface area contributed by atoms with Crippen LogP contribution in [-0.4, -0.2) is 61.1 Å². The van der Waals surface area contributed by atoms with Crippen molar-refractivity contribution in [2.24, 2.45) is 0 Å². The maximum Gasteiger partial charge on any atom is 0.254 e. The molecule has 0 unspecified atom stereocenters. The van der Waals surface area contributed by atoms with Gasteiger partial charge >= 0.3 is 0 Å². The van der Waals surface area contributed by atoms with Crippen LogP contribution in [0.5, 0.6) is 11.5 Å². The second-order valence-electron chi connectivity index (χ2n) is 7.57. The summed E-state index contributed by atoms with van der Waals surface area (Å²) >= 11 is 0. The summed E-state index contributed by atoms with van der Waals surface area (Å²) < 4.78 is 11.7. The number of fused-ring (bicyclic) bond motifs is 1. The molecule has 0 aliphatic carbocycles. The van der Waals surface area contributed by atoms with Crippen LogP contribution in [0.1, 0.15) is 29.3 Å². The molecule has 0 saturated carbocycles. The van der Waals surface area contributed by atoms with Crippen LogP contribution in [0.15, 0.2) is 48.5 Å². The highest BCUT2D eigenvalue weighted by Crippen LogP contribution is 2.30.